The molecule has 0 aliphatic carbocycles. The van der Waals surface area contributed by atoms with Crippen molar-refractivity contribution >= 4 is 35.0 Å². The minimum absolute atomic E-state index is 0.987. The van der Waals surface area contributed by atoms with Crippen LogP contribution in [0.2, 0.25) is 0 Å². The lowest BCUT2D eigenvalue weighted by atomic mass is 10.1. The van der Waals surface area contributed by atoms with Gasteiger partial charge in [0.2, 0.25) is 0 Å². The predicted molar refractivity (Wildman–Crippen MR) is 64.2 cm³/mol. The van der Waals surface area contributed by atoms with Crippen LogP contribution in [0.3, 0.4) is 0 Å². The molecule has 3 heteroatoms. The fourth-order valence-electron chi connectivity index (χ4n) is 2.29. The van der Waals surface area contributed by atoms with Crippen molar-refractivity contribution in [2.45, 2.75) is 0 Å². The van der Waals surface area contributed by atoms with Crippen LogP contribution in [0.5, 0.6) is 0 Å². The molecule has 74 valence electrons. The molecular formula is C13H7N3. The van der Waals surface area contributed by atoms with Gasteiger partial charge in [0.1, 0.15) is 0 Å². The summed E-state index contributed by atoms with van der Waals surface area (Å²) in [6.07, 6.45) is 9.48. The molecule has 0 radical (unpaired) electrons. The molecule has 0 saturated heterocycles. The number of aliphatic imine (C=N–C) groups is 1. The minimum atomic E-state index is 0.987. The van der Waals surface area contributed by atoms with Crippen LogP contribution in [0.1, 0.15) is 5.56 Å². The highest BCUT2D eigenvalue weighted by Crippen LogP contribution is 2.24. The molecule has 4 rings (SSSR count). The van der Waals surface area contributed by atoms with Crippen LogP contribution in [-0.2, 0) is 0 Å². The van der Waals surface area contributed by atoms with Crippen LogP contribution in [0.4, 0.5) is 5.69 Å². The van der Waals surface area contributed by atoms with Crippen molar-refractivity contribution in [1.29, 1.82) is 0 Å². The SMILES string of the molecule is C1=Cc2c(c3c(c4cccnc24)N=CC=3)=N1. The summed E-state index contributed by atoms with van der Waals surface area (Å²) in [5.74, 6) is 0. The molecule has 0 atom stereocenters. The molecule has 3 nitrogen and oxygen atoms in total. The largest absolute Gasteiger partial charge is 0.255 e. The van der Waals surface area contributed by atoms with Crippen LogP contribution in [-0.4, -0.2) is 11.2 Å². The first-order chi connectivity index (χ1) is 7.95. The summed E-state index contributed by atoms with van der Waals surface area (Å²) < 4.78 is 0. The lowest BCUT2D eigenvalue weighted by molar-refractivity contribution is 1.32. The number of fused-ring (bicyclic) bond motifs is 6. The molecule has 0 bridgehead atoms. The molecule has 0 fully saturated rings. The second-order valence-corrected chi connectivity index (χ2v) is 3.81. The van der Waals surface area contributed by atoms with E-state index < -0.39 is 0 Å². The number of pyridine rings is 1. The summed E-state index contributed by atoms with van der Waals surface area (Å²) in [6, 6.07) is 4.00. The zero-order valence-electron chi connectivity index (χ0n) is 8.38. The molecule has 1 aromatic carbocycles. The first-order valence-electron chi connectivity index (χ1n) is 5.14. The van der Waals surface area contributed by atoms with Gasteiger partial charge >= 0.3 is 0 Å². The fourth-order valence-corrected chi connectivity index (χ4v) is 2.29. The zero-order valence-corrected chi connectivity index (χ0v) is 8.38. The third-order valence-electron chi connectivity index (χ3n) is 2.97. The average molecular weight is 205 g/mol. The summed E-state index contributed by atoms with van der Waals surface area (Å²) in [5, 5.41) is 3.21. The van der Waals surface area contributed by atoms with Gasteiger partial charge in [0.25, 0.3) is 0 Å². The molecule has 2 aromatic rings. The minimum Gasteiger partial charge on any atom is -0.255 e. The Morgan fingerprint density at radius 3 is 3.19 bits per heavy atom. The summed E-state index contributed by atoms with van der Waals surface area (Å²) in [4.78, 5) is 13.2. The van der Waals surface area contributed by atoms with E-state index in [9.17, 15) is 0 Å². The van der Waals surface area contributed by atoms with Gasteiger partial charge in [-0.1, -0.05) is 0 Å². The second-order valence-electron chi connectivity index (χ2n) is 3.81. The third-order valence-corrected chi connectivity index (χ3v) is 2.97. The molecule has 0 N–H and O–H groups in total. The Morgan fingerprint density at radius 1 is 1.19 bits per heavy atom. The van der Waals surface area contributed by atoms with Gasteiger partial charge in [-0.05, 0) is 24.3 Å². The number of benzene rings is 1. The van der Waals surface area contributed by atoms with Crippen molar-refractivity contribution in [2.75, 3.05) is 0 Å². The van der Waals surface area contributed by atoms with Crippen LogP contribution in [0, 0.1) is 0 Å². The van der Waals surface area contributed by atoms with Crippen molar-refractivity contribution in [1.82, 2.24) is 4.98 Å². The van der Waals surface area contributed by atoms with Gasteiger partial charge in [0, 0.05) is 34.8 Å². The molecular weight excluding hydrogens is 198 g/mol. The van der Waals surface area contributed by atoms with E-state index in [4.69, 9.17) is 0 Å². The van der Waals surface area contributed by atoms with Crippen LogP contribution in [0.25, 0.3) is 23.1 Å². The zero-order chi connectivity index (χ0) is 10.5. The fraction of sp³-hybridized carbons (Fsp3) is 0. The first kappa shape index (κ1) is 7.93. The highest BCUT2D eigenvalue weighted by atomic mass is 14.8. The Kier molecular flexibility index (Phi) is 1.31. The van der Waals surface area contributed by atoms with Crippen molar-refractivity contribution < 1.29 is 0 Å². The molecule has 2 aliphatic heterocycles. The van der Waals surface area contributed by atoms with Gasteiger partial charge in [0.15, 0.2) is 0 Å². The molecule has 0 saturated carbocycles. The van der Waals surface area contributed by atoms with Crippen LogP contribution < -0.4 is 10.6 Å². The third kappa shape index (κ3) is 0.810. The van der Waals surface area contributed by atoms with Gasteiger partial charge in [-0.2, -0.15) is 0 Å². The van der Waals surface area contributed by atoms with E-state index in [2.05, 4.69) is 21.0 Å². The number of nitrogens with zero attached hydrogens (tertiary/aromatic N) is 3. The predicted octanol–water partition coefficient (Wildman–Crippen LogP) is 1.34. The van der Waals surface area contributed by atoms with Crippen molar-refractivity contribution in [3.8, 4) is 0 Å². The lowest BCUT2D eigenvalue weighted by Crippen LogP contribution is -2.26. The normalized spacial score (nSPS) is 14.8. The van der Waals surface area contributed by atoms with E-state index in [0.717, 1.165) is 32.7 Å². The topological polar surface area (TPSA) is 37.6 Å². The number of aromatic nitrogens is 1. The van der Waals surface area contributed by atoms with E-state index in [0.29, 0.717) is 0 Å². The van der Waals surface area contributed by atoms with E-state index in [-0.39, 0.29) is 0 Å². The number of hydrogen-bond acceptors (Lipinski definition) is 3. The Morgan fingerprint density at radius 2 is 2.19 bits per heavy atom. The van der Waals surface area contributed by atoms with Gasteiger partial charge in [-0.3, -0.25) is 15.0 Å². The Hall–Kier alpha value is -2.29. The summed E-state index contributed by atoms with van der Waals surface area (Å²) in [6.45, 7) is 0. The maximum atomic E-state index is 4.43. The molecule has 3 heterocycles. The monoisotopic (exact) mass is 205 g/mol. The van der Waals surface area contributed by atoms with Crippen molar-refractivity contribution in [3.05, 3.63) is 40.7 Å². The van der Waals surface area contributed by atoms with Crippen molar-refractivity contribution in [3.63, 3.8) is 0 Å². The molecule has 0 spiro atoms. The summed E-state index contributed by atoms with van der Waals surface area (Å²) >= 11 is 0. The summed E-state index contributed by atoms with van der Waals surface area (Å²) in [5.41, 5.74) is 3.09. The smallest absolute Gasteiger partial charge is 0.0819 e. The second kappa shape index (κ2) is 2.64. The first-order valence-corrected chi connectivity index (χ1v) is 5.14. The van der Waals surface area contributed by atoms with Crippen molar-refractivity contribution in [2.24, 2.45) is 9.98 Å². The van der Waals surface area contributed by atoms with Gasteiger partial charge in [-0.25, -0.2) is 0 Å². The summed E-state index contributed by atoms with van der Waals surface area (Å²) in [7, 11) is 0. The van der Waals surface area contributed by atoms with Crippen LogP contribution >= 0.6 is 0 Å². The lowest BCUT2D eigenvalue weighted by Gasteiger charge is -2.03. The molecule has 1 aromatic heterocycles. The van der Waals surface area contributed by atoms with Crippen LogP contribution in [0.15, 0.2) is 34.5 Å². The Bertz CT molecular complexity index is 730. The van der Waals surface area contributed by atoms with Gasteiger partial charge in [0.05, 0.1) is 16.6 Å². The number of hydrogen-bond donors (Lipinski definition) is 0. The molecule has 2 aliphatic rings. The number of rotatable bonds is 0. The maximum Gasteiger partial charge on any atom is 0.0819 e. The van der Waals surface area contributed by atoms with Gasteiger partial charge < -0.3 is 0 Å². The van der Waals surface area contributed by atoms with E-state index in [1.807, 2.05) is 36.8 Å². The average Bonchev–Trinajstić information content (AvgIpc) is 2.98. The maximum absolute atomic E-state index is 4.43. The van der Waals surface area contributed by atoms with E-state index >= 15 is 0 Å². The molecule has 16 heavy (non-hydrogen) atoms. The highest BCUT2D eigenvalue weighted by Gasteiger charge is 2.14. The van der Waals surface area contributed by atoms with Gasteiger partial charge in [-0.15, -0.1) is 0 Å². The van der Waals surface area contributed by atoms with E-state index in [1.165, 1.54) is 0 Å². The Balaban J connectivity index is 2.43. The molecule has 0 unspecified atom stereocenters. The quantitative estimate of drug-likeness (QED) is 0.639. The highest BCUT2D eigenvalue weighted by molar-refractivity contribution is 6.05. The Labute approximate surface area is 91.2 Å². The van der Waals surface area contributed by atoms with E-state index in [1.54, 1.807) is 0 Å². The standard InChI is InChI=1S/C13H7N3/c1-2-8-11(14-5-1)9-3-7-16-13(9)10-4-6-15-12(8)10/h1-7H. The molecule has 0 amide bonds.